The Labute approximate surface area is 177 Å². The van der Waals surface area contributed by atoms with E-state index >= 15 is 0 Å². The van der Waals surface area contributed by atoms with E-state index in [-0.39, 0.29) is 11.7 Å². The number of methoxy groups -OCH3 is 2. The van der Waals surface area contributed by atoms with Crippen LogP contribution in [-0.2, 0) is 11.3 Å². The number of para-hydroxylation sites is 2. The molecule has 4 aromatic rings. The molecular formula is C21H21N5O3S. The first-order valence-corrected chi connectivity index (χ1v) is 10.3. The van der Waals surface area contributed by atoms with E-state index in [9.17, 15) is 4.79 Å². The molecule has 4 rings (SSSR count). The predicted octanol–water partition coefficient (Wildman–Crippen LogP) is 3.01. The number of thioether (sulfide) groups is 1. The van der Waals surface area contributed by atoms with Crippen molar-refractivity contribution in [3.8, 4) is 11.5 Å². The number of hydrogen-bond acceptors (Lipinski definition) is 7. The highest BCUT2D eigenvalue weighted by atomic mass is 32.2. The fourth-order valence-electron chi connectivity index (χ4n) is 3.17. The van der Waals surface area contributed by atoms with Crippen molar-refractivity contribution in [2.24, 2.45) is 0 Å². The van der Waals surface area contributed by atoms with Crippen molar-refractivity contribution in [3.63, 3.8) is 0 Å². The summed E-state index contributed by atoms with van der Waals surface area (Å²) < 4.78 is 12.5. The monoisotopic (exact) mass is 423 g/mol. The fraction of sp³-hybridized carbons (Fsp3) is 0.238. The van der Waals surface area contributed by atoms with Gasteiger partial charge in [0.2, 0.25) is 5.91 Å². The summed E-state index contributed by atoms with van der Waals surface area (Å²) in [5.41, 5.74) is 3.35. The maximum absolute atomic E-state index is 12.4. The number of aryl methyl sites for hydroxylation is 1. The van der Waals surface area contributed by atoms with Gasteiger partial charge in [-0.2, -0.15) is 0 Å². The minimum absolute atomic E-state index is 0.0980. The predicted molar refractivity (Wildman–Crippen MR) is 115 cm³/mol. The van der Waals surface area contributed by atoms with Crippen molar-refractivity contribution in [1.29, 1.82) is 0 Å². The minimum atomic E-state index is -0.0980. The third-order valence-corrected chi connectivity index (χ3v) is 5.59. The zero-order valence-electron chi connectivity index (χ0n) is 16.9. The van der Waals surface area contributed by atoms with Crippen molar-refractivity contribution < 1.29 is 14.3 Å². The normalized spacial score (nSPS) is 11.0. The molecular weight excluding hydrogens is 402 g/mol. The first kappa shape index (κ1) is 20.0. The van der Waals surface area contributed by atoms with E-state index in [1.54, 1.807) is 14.2 Å². The number of carbonyl (C=O) groups excluding carboxylic acids is 1. The van der Waals surface area contributed by atoms with Gasteiger partial charge in [0, 0.05) is 6.54 Å². The van der Waals surface area contributed by atoms with Crippen LogP contribution < -0.4 is 14.8 Å². The van der Waals surface area contributed by atoms with E-state index in [2.05, 4.69) is 20.5 Å². The lowest BCUT2D eigenvalue weighted by Gasteiger charge is -2.10. The second kappa shape index (κ2) is 8.58. The lowest BCUT2D eigenvalue weighted by atomic mass is 10.2. The Balaban J connectivity index is 1.46. The largest absolute Gasteiger partial charge is 0.493 e. The Morgan fingerprint density at radius 2 is 1.90 bits per heavy atom. The number of hydrogen-bond donors (Lipinski definition) is 1. The molecule has 0 aliphatic rings. The molecule has 9 heteroatoms. The maximum Gasteiger partial charge on any atom is 0.230 e. The SMILES string of the molecule is COc1ccc(CNC(=O)CSc2nc3ccccc3n3c(C)nnc23)cc1OC. The zero-order valence-corrected chi connectivity index (χ0v) is 17.7. The number of aromatic nitrogens is 4. The average Bonchev–Trinajstić information content (AvgIpc) is 3.17. The van der Waals surface area contributed by atoms with Gasteiger partial charge in [-0.05, 0) is 36.8 Å². The van der Waals surface area contributed by atoms with Gasteiger partial charge >= 0.3 is 0 Å². The number of ether oxygens (including phenoxy) is 2. The highest BCUT2D eigenvalue weighted by molar-refractivity contribution is 8.00. The van der Waals surface area contributed by atoms with Crippen LogP contribution in [0, 0.1) is 6.92 Å². The molecule has 30 heavy (non-hydrogen) atoms. The highest BCUT2D eigenvalue weighted by Crippen LogP contribution is 2.28. The van der Waals surface area contributed by atoms with Gasteiger partial charge in [0.15, 0.2) is 17.1 Å². The third kappa shape index (κ3) is 3.88. The average molecular weight is 423 g/mol. The topological polar surface area (TPSA) is 90.6 Å². The molecule has 2 aromatic carbocycles. The molecule has 2 heterocycles. The first-order chi connectivity index (χ1) is 14.6. The first-order valence-electron chi connectivity index (χ1n) is 9.31. The van der Waals surface area contributed by atoms with Gasteiger partial charge in [-0.25, -0.2) is 4.98 Å². The van der Waals surface area contributed by atoms with Gasteiger partial charge < -0.3 is 14.8 Å². The lowest BCUT2D eigenvalue weighted by Crippen LogP contribution is -2.24. The van der Waals surface area contributed by atoms with Crippen molar-refractivity contribution in [2.45, 2.75) is 18.5 Å². The molecule has 0 saturated carbocycles. The minimum Gasteiger partial charge on any atom is -0.493 e. The standard InChI is InChI=1S/C21H21N5O3S/c1-13-24-25-20-21(23-15-6-4-5-7-16(15)26(13)20)30-12-19(27)22-11-14-8-9-17(28-2)18(10-14)29-3/h4-10H,11-12H2,1-3H3,(H,22,27). The Hall–Kier alpha value is -3.33. The van der Waals surface area contributed by atoms with Crippen LogP contribution in [0.5, 0.6) is 11.5 Å². The molecule has 0 spiro atoms. The quantitative estimate of drug-likeness (QED) is 0.457. The number of carbonyl (C=O) groups is 1. The molecule has 1 amide bonds. The Bertz CT molecular complexity index is 1220. The molecule has 0 fully saturated rings. The van der Waals surface area contributed by atoms with E-state index in [0.717, 1.165) is 22.4 Å². The molecule has 0 atom stereocenters. The molecule has 0 aliphatic carbocycles. The van der Waals surface area contributed by atoms with Gasteiger partial charge in [0.05, 0.1) is 31.0 Å². The van der Waals surface area contributed by atoms with E-state index in [0.29, 0.717) is 28.7 Å². The van der Waals surface area contributed by atoms with Crippen LogP contribution in [0.25, 0.3) is 16.7 Å². The van der Waals surface area contributed by atoms with Gasteiger partial charge in [0.25, 0.3) is 0 Å². The van der Waals surface area contributed by atoms with E-state index in [4.69, 9.17) is 9.47 Å². The number of rotatable bonds is 7. The fourth-order valence-corrected chi connectivity index (χ4v) is 3.96. The third-order valence-electron chi connectivity index (χ3n) is 4.64. The number of benzene rings is 2. The molecule has 0 unspecified atom stereocenters. The molecule has 0 saturated heterocycles. The molecule has 1 N–H and O–H groups in total. The zero-order chi connectivity index (χ0) is 21.1. The van der Waals surface area contributed by atoms with Crippen LogP contribution in [-0.4, -0.2) is 45.5 Å². The van der Waals surface area contributed by atoms with E-state index < -0.39 is 0 Å². The molecule has 0 aliphatic heterocycles. The van der Waals surface area contributed by atoms with Crippen molar-refractivity contribution in [1.82, 2.24) is 24.9 Å². The lowest BCUT2D eigenvalue weighted by molar-refractivity contribution is -0.118. The summed E-state index contributed by atoms with van der Waals surface area (Å²) in [6.07, 6.45) is 0. The summed E-state index contributed by atoms with van der Waals surface area (Å²) in [6.45, 7) is 2.29. The Morgan fingerprint density at radius 1 is 1.10 bits per heavy atom. The maximum atomic E-state index is 12.4. The molecule has 8 nitrogen and oxygen atoms in total. The second-order valence-electron chi connectivity index (χ2n) is 6.57. The van der Waals surface area contributed by atoms with Crippen LogP contribution in [0.2, 0.25) is 0 Å². The summed E-state index contributed by atoms with van der Waals surface area (Å²) in [5.74, 6) is 2.18. The number of fused-ring (bicyclic) bond motifs is 3. The van der Waals surface area contributed by atoms with Crippen LogP contribution in [0.3, 0.4) is 0 Å². The molecule has 0 bridgehead atoms. The number of nitrogens with one attached hydrogen (secondary N) is 1. The summed E-state index contributed by atoms with van der Waals surface area (Å²) in [4.78, 5) is 17.1. The Morgan fingerprint density at radius 3 is 2.70 bits per heavy atom. The van der Waals surface area contributed by atoms with Crippen molar-refractivity contribution >= 4 is 34.3 Å². The van der Waals surface area contributed by atoms with Gasteiger partial charge in [-0.1, -0.05) is 30.0 Å². The summed E-state index contributed by atoms with van der Waals surface area (Å²) in [5, 5.41) is 12.0. The van der Waals surface area contributed by atoms with Crippen LogP contribution in [0.15, 0.2) is 47.5 Å². The summed E-state index contributed by atoms with van der Waals surface area (Å²) in [6, 6.07) is 13.4. The van der Waals surface area contributed by atoms with Gasteiger partial charge in [-0.15, -0.1) is 10.2 Å². The van der Waals surface area contributed by atoms with Crippen LogP contribution in [0.1, 0.15) is 11.4 Å². The van der Waals surface area contributed by atoms with Crippen LogP contribution in [0.4, 0.5) is 0 Å². The van der Waals surface area contributed by atoms with Crippen molar-refractivity contribution in [3.05, 3.63) is 53.9 Å². The summed E-state index contributed by atoms with van der Waals surface area (Å²) in [7, 11) is 3.17. The van der Waals surface area contributed by atoms with Crippen molar-refractivity contribution in [2.75, 3.05) is 20.0 Å². The highest BCUT2D eigenvalue weighted by Gasteiger charge is 2.15. The van der Waals surface area contributed by atoms with E-state index in [1.165, 1.54) is 11.8 Å². The van der Waals surface area contributed by atoms with Crippen LogP contribution >= 0.6 is 11.8 Å². The van der Waals surface area contributed by atoms with Gasteiger partial charge in [0.1, 0.15) is 10.9 Å². The Kier molecular flexibility index (Phi) is 5.71. The molecule has 2 aromatic heterocycles. The molecule has 0 radical (unpaired) electrons. The number of amides is 1. The number of nitrogens with zero attached hydrogens (tertiary/aromatic N) is 4. The van der Waals surface area contributed by atoms with Gasteiger partial charge in [-0.3, -0.25) is 9.20 Å². The second-order valence-corrected chi connectivity index (χ2v) is 7.53. The van der Waals surface area contributed by atoms with E-state index in [1.807, 2.05) is 53.8 Å². The molecule has 154 valence electrons. The summed E-state index contributed by atoms with van der Waals surface area (Å²) >= 11 is 1.34. The smallest absolute Gasteiger partial charge is 0.230 e.